The van der Waals surface area contributed by atoms with E-state index in [9.17, 15) is 13.2 Å². The number of nitrogens with zero attached hydrogens (tertiary/aromatic N) is 2. The minimum absolute atomic E-state index is 0.0271. The van der Waals surface area contributed by atoms with Crippen molar-refractivity contribution < 1.29 is 22.7 Å². The minimum atomic E-state index is -3.80. The molecule has 31 heavy (non-hydrogen) atoms. The Morgan fingerprint density at radius 1 is 1.13 bits per heavy atom. The molecule has 1 aliphatic rings. The van der Waals surface area contributed by atoms with Gasteiger partial charge < -0.3 is 19.4 Å². The molecule has 0 saturated carbocycles. The molecule has 3 aromatic rings. The van der Waals surface area contributed by atoms with Crippen molar-refractivity contribution in [1.82, 2.24) is 19.6 Å². The first-order valence-corrected chi connectivity index (χ1v) is 11.2. The van der Waals surface area contributed by atoms with Gasteiger partial charge >= 0.3 is 0 Å². The van der Waals surface area contributed by atoms with Crippen LogP contribution in [-0.4, -0.2) is 37.2 Å². The molecule has 1 aromatic heterocycles. The van der Waals surface area contributed by atoms with Crippen molar-refractivity contribution >= 4 is 15.9 Å². The molecule has 0 fully saturated rings. The predicted octanol–water partition coefficient (Wildman–Crippen LogP) is 1.91. The summed E-state index contributed by atoms with van der Waals surface area (Å²) in [5, 5.41) is 2.81. The second kappa shape index (κ2) is 9.19. The molecule has 0 radical (unpaired) electrons. The van der Waals surface area contributed by atoms with Crippen LogP contribution in [0.25, 0.3) is 0 Å². The number of rotatable bonds is 9. The maximum absolute atomic E-state index is 12.7. The van der Waals surface area contributed by atoms with Gasteiger partial charge in [0.2, 0.25) is 16.8 Å². The van der Waals surface area contributed by atoms with E-state index in [1.165, 1.54) is 12.1 Å². The van der Waals surface area contributed by atoms with Crippen LogP contribution in [0.2, 0.25) is 0 Å². The van der Waals surface area contributed by atoms with E-state index < -0.39 is 10.0 Å². The molecular weight excluding hydrogens is 420 g/mol. The van der Waals surface area contributed by atoms with Crippen molar-refractivity contribution in [2.45, 2.75) is 24.4 Å². The van der Waals surface area contributed by atoms with E-state index in [0.29, 0.717) is 18.0 Å². The van der Waals surface area contributed by atoms with E-state index in [1.54, 1.807) is 42.9 Å². The Bertz CT molecular complexity index is 1160. The number of benzene rings is 2. The third-order valence-corrected chi connectivity index (χ3v) is 6.15. The normalized spacial score (nSPS) is 12.6. The molecule has 0 aliphatic carbocycles. The maximum Gasteiger partial charge on any atom is 0.251 e. The van der Waals surface area contributed by atoms with Gasteiger partial charge in [0.1, 0.15) is 0 Å². The largest absolute Gasteiger partial charge is 0.454 e. The van der Waals surface area contributed by atoms with Crippen molar-refractivity contribution in [2.75, 3.05) is 13.3 Å². The molecule has 0 bridgehead atoms. The Morgan fingerprint density at radius 2 is 2.00 bits per heavy atom. The first kappa shape index (κ1) is 20.9. The quantitative estimate of drug-likeness (QED) is 0.490. The molecule has 0 spiro atoms. The van der Waals surface area contributed by atoms with Crippen LogP contribution >= 0.6 is 0 Å². The molecule has 0 saturated heterocycles. The van der Waals surface area contributed by atoms with Gasteiger partial charge in [0.25, 0.3) is 5.91 Å². The summed E-state index contributed by atoms with van der Waals surface area (Å²) in [6.07, 6.45) is 6.00. The summed E-state index contributed by atoms with van der Waals surface area (Å²) in [6, 6.07) is 11.2. The average Bonchev–Trinajstić information content (AvgIpc) is 3.47. The fourth-order valence-corrected chi connectivity index (χ4v) is 4.16. The summed E-state index contributed by atoms with van der Waals surface area (Å²) in [5.41, 5.74) is 1.02. The lowest BCUT2D eigenvalue weighted by Gasteiger charge is -2.10. The van der Waals surface area contributed by atoms with Crippen molar-refractivity contribution in [1.29, 1.82) is 0 Å². The smallest absolute Gasteiger partial charge is 0.251 e. The highest BCUT2D eigenvalue weighted by Crippen LogP contribution is 2.32. The van der Waals surface area contributed by atoms with Gasteiger partial charge in [0.05, 0.1) is 11.2 Å². The monoisotopic (exact) mass is 442 g/mol. The molecule has 0 atom stereocenters. The molecule has 2 heterocycles. The predicted molar refractivity (Wildman–Crippen MR) is 112 cm³/mol. The zero-order valence-electron chi connectivity index (χ0n) is 16.7. The zero-order valence-corrected chi connectivity index (χ0v) is 17.5. The summed E-state index contributed by atoms with van der Waals surface area (Å²) < 4.78 is 40.4. The molecule has 162 valence electrons. The number of fused-ring (bicyclic) bond motifs is 1. The number of aryl methyl sites for hydroxylation is 1. The molecule has 1 amide bonds. The number of hydrogen-bond donors (Lipinski definition) is 2. The van der Waals surface area contributed by atoms with Gasteiger partial charge in [-0.3, -0.25) is 4.79 Å². The van der Waals surface area contributed by atoms with Crippen LogP contribution in [0.1, 0.15) is 22.3 Å². The number of carbonyl (C=O) groups is 1. The molecule has 9 nitrogen and oxygen atoms in total. The Morgan fingerprint density at radius 3 is 2.84 bits per heavy atom. The van der Waals surface area contributed by atoms with Crippen LogP contribution in [-0.2, 0) is 23.1 Å². The summed E-state index contributed by atoms with van der Waals surface area (Å²) in [5.74, 6) is 0.900. The van der Waals surface area contributed by atoms with Crippen LogP contribution in [0.15, 0.2) is 66.1 Å². The number of sulfonamides is 1. The average molecular weight is 442 g/mol. The van der Waals surface area contributed by atoms with Gasteiger partial charge in [0.15, 0.2) is 11.5 Å². The van der Waals surface area contributed by atoms with Gasteiger partial charge in [-0.15, -0.1) is 0 Å². The van der Waals surface area contributed by atoms with Crippen molar-refractivity contribution in [3.05, 3.63) is 72.3 Å². The molecule has 2 N–H and O–H groups in total. The van der Waals surface area contributed by atoms with Gasteiger partial charge in [-0.05, 0) is 42.3 Å². The van der Waals surface area contributed by atoms with Crippen LogP contribution in [0.4, 0.5) is 0 Å². The SMILES string of the molecule is O=C(NCCCn1ccnc1)c1cccc(S(=O)(=O)NCc2ccc3c(c2)OCO3)c1. The Hall–Kier alpha value is -3.37. The molecular formula is C21H22N4O5S. The topological polar surface area (TPSA) is 112 Å². The van der Waals surface area contributed by atoms with Gasteiger partial charge in [0, 0.05) is 37.6 Å². The molecule has 0 unspecified atom stereocenters. The van der Waals surface area contributed by atoms with E-state index in [4.69, 9.17) is 9.47 Å². The summed E-state index contributed by atoms with van der Waals surface area (Å²) in [7, 11) is -3.80. The van der Waals surface area contributed by atoms with E-state index in [-0.39, 0.29) is 29.7 Å². The number of hydrogen-bond acceptors (Lipinski definition) is 6. The Balaban J connectivity index is 1.34. The Labute approximate surface area is 180 Å². The lowest BCUT2D eigenvalue weighted by atomic mass is 10.2. The third kappa shape index (κ3) is 5.22. The number of ether oxygens (including phenoxy) is 2. The fraction of sp³-hybridized carbons (Fsp3) is 0.238. The second-order valence-electron chi connectivity index (χ2n) is 6.95. The molecule has 4 rings (SSSR count). The van der Waals surface area contributed by atoms with E-state index in [2.05, 4.69) is 15.0 Å². The zero-order chi connectivity index (χ0) is 21.7. The van der Waals surface area contributed by atoms with Crippen molar-refractivity contribution in [2.24, 2.45) is 0 Å². The van der Waals surface area contributed by atoms with Crippen LogP contribution in [0.5, 0.6) is 11.5 Å². The second-order valence-corrected chi connectivity index (χ2v) is 8.72. The molecule has 1 aliphatic heterocycles. The Kier molecular flexibility index (Phi) is 6.19. The highest BCUT2D eigenvalue weighted by Gasteiger charge is 2.18. The number of amides is 1. The number of aromatic nitrogens is 2. The third-order valence-electron chi connectivity index (χ3n) is 4.75. The van der Waals surface area contributed by atoms with Crippen molar-refractivity contribution in [3.63, 3.8) is 0 Å². The van der Waals surface area contributed by atoms with E-state index in [0.717, 1.165) is 18.5 Å². The molecule has 2 aromatic carbocycles. The van der Waals surface area contributed by atoms with Gasteiger partial charge in [-0.2, -0.15) is 0 Å². The minimum Gasteiger partial charge on any atom is -0.454 e. The van der Waals surface area contributed by atoms with Gasteiger partial charge in [-0.1, -0.05) is 12.1 Å². The summed E-state index contributed by atoms with van der Waals surface area (Å²) in [6.45, 7) is 1.45. The van der Waals surface area contributed by atoms with Crippen LogP contribution in [0.3, 0.4) is 0 Å². The molecule has 10 heteroatoms. The van der Waals surface area contributed by atoms with Crippen LogP contribution in [0, 0.1) is 0 Å². The highest BCUT2D eigenvalue weighted by atomic mass is 32.2. The first-order chi connectivity index (χ1) is 15.0. The number of nitrogens with one attached hydrogen (secondary N) is 2. The summed E-state index contributed by atoms with van der Waals surface area (Å²) in [4.78, 5) is 16.4. The van der Waals surface area contributed by atoms with E-state index >= 15 is 0 Å². The lowest BCUT2D eigenvalue weighted by Crippen LogP contribution is -2.26. The maximum atomic E-state index is 12.7. The lowest BCUT2D eigenvalue weighted by molar-refractivity contribution is 0.0952. The standard InChI is InChI=1S/C21H22N4O5S/c26-21(23-7-2-9-25-10-8-22-14-25)17-3-1-4-18(12-17)31(27,28)24-13-16-5-6-19-20(11-16)30-15-29-19/h1,3-6,8,10-12,14,24H,2,7,9,13,15H2,(H,23,26). The fourth-order valence-electron chi connectivity index (χ4n) is 3.10. The van der Waals surface area contributed by atoms with Crippen molar-refractivity contribution in [3.8, 4) is 11.5 Å². The number of carbonyl (C=O) groups excluding carboxylic acids is 1. The number of imidazole rings is 1. The summed E-state index contributed by atoms with van der Waals surface area (Å²) >= 11 is 0. The van der Waals surface area contributed by atoms with Crippen LogP contribution < -0.4 is 19.5 Å². The first-order valence-electron chi connectivity index (χ1n) is 9.73. The van der Waals surface area contributed by atoms with E-state index in [1.807, 2.05) is 10.8 Å². The van der Waals surface area contributed by atoms with Gasteiger partial charge in [-0.25, -0.2) is 18.1 Å². The highest BCUT2D eigenvalue weighted by molar-refractivity contribution is 7.89.